The highest BCUT2D eigenvalue weighted by Gasteiger charge is 2.20. The van der Waals surface area contributed by atoms with Crippen LogP contribution < -0.4 is 0 Å². The van der Waals surface area contributed by atoms with Gasteiger partial charge in [0.1, 0.15) is 11.3 Å². The van der Waals surface area contributed by atoms with Gasteiger partial charge in [0.15, 0.2) is 0 Å². The van der Waals surface area contributed by atoms with Crippen LogP contribution in [0.4, 0.5) is 0 Å². The quantitative estimate of drug-likeness (QED) is 0.457. The van der Waals surface area contributed by atoms with Crippen molar-refractivity contribution >= 4 is 11.0 Å². The highest BCUT2D eigenvalue weighted by molar-refractivity contribution is 5.78. The van der Waals surface area contributed by atoms with E-state index in [-0.39, 0.29) is 5.92 Å². The van der Waals surface area contributed by atoms with Gasteiger partial charge < -0.3 is 4.42 Å². The average molecular weight is 298 g/mol. The van der Waals surface area contributed by atoms with Crippen LogP contribution in [0.25, 0.3) is 11.0 Å². The lowest BCUT2D eigenvalue weighted by Gasteiger charge is -2.16. The van der Waals surface area contributed by atoms with Crippen LogP contribution in [0, 0.1) is 6.92 Å². The summed E-state index contributed by atoms with van der Waals surface area (Å²) in [7, 11) is 0. The highest BCUT2D eigenvalue weighted by Crippen LogP contribution is 2.35. The second kappa shape index (κ2) is 5.77. The van der Waals surface area contributed by atoms with Crippen molar-refractivity contribution in [2.45, 2.75) is 12.8 Å². The number of fused-ring (bicyclic) bond motifs is 1. The largest absolute Gasteiger partial charge is 0.460 e. The zero-order valence-electron chi connectivity index (χ0n) is 13.1. The minimum absolute atomic E-state index is 0.115. The van der Waals surface area contributed by atoms with Crippen LogP contribution in [0.3, 0.4) is 0 Å². The van der Waals surface area contributed by atoms with E-state index in [0.29, 0.717) is 0 Å². The first-order valence-corrected chi connectivity index (χ1v) is 7.91. The van der Waals surface area contributed by atoms with E-state index >= 15 is 0 Å². The lowest BCUT2D eigenvalue weighted by molar-refractivity contribution is 0.541. The molecule has 4 aromatic rings. The van der Waals surface area contributed by atoms with Crippen LogP contribution in [0.1, 0.15) is 28.4 Å². The lowest BCUT2D eigenvalue weighted by Crippen LogP contribution is -2.02. The summed E-state index contributed by atoms with van der Waals surface area (Å²) in [5.41, 5.74) is 4.71. The Hall–Kier alpha value is -2.80. The molecule has 0 amide bonds. The third-order valence-corrected chi connectivity index (χ3v) is 4.27. The molecule has 0 bridgehead atoms. The standard InChI is InChI=1S/C22H18O/c1-16-11-13-18(14-12-16)22(17-7-3-2-4-8-17)21-15-19-9-5-6-10-20(19)23-21/h2-15,22H,1H3. The van der Waals surface area contributed by atoms with E-state index in [9.17, 15) is 0 Å². The number of rotatable bonds is 3. The third kappa shape index (κ3) is 2.66. The maximum atomic E-state index is 6.17. The molecule has 1 aromatic heterocycles. The molecule has 23 heavy (non-hydrogen) atoms. The summed E-state index contributed by atoms with van der Waals surface area (Å²) >= 11 is 0. The number of hydrogen-bond acceptors (Lipinski definition) is 1. The first kappa shape index (κ1) is 13.8. The molecule has 0 aliphatic rings. The fourth-order valence-electron chi connectivity index (χ4n) is 3.07. The highest BCUT2D eigenvalue weighted by atomic mass is 16.3. The van der Waals surface area contributed by atoms with Crippen LogP contribution in [-0.2, 0) is 0 Å². The molecule has 1 nitrogen and oxygen atoms in total. The van der Waals surface area contributed by atoms with Gasteiger partial charge >= 0.3 is 0 Å². The van der Waals surface area contributed by atoms with Gasteiger partial charge in [0, 0.05) is 5.39 Å². The molecule has 112 valence electrons. The van der Waals surface area contributed by atoms with Crippen LogP contribution in [0.2, 0.25) is 0 Å². The molecular weight excluding hydrogens is 280 g/mol. The molecule has 1 heteroatoms. The van der Waals surface area contributed by atoms with E-state index in [1.165, 1.54) is 16.7 Å². The summed E-state index contributed by atoms with van der Waals surface area (Å²) in [6.45, 7) is 2.11. The Labute approximate surface area is 136 Å². The topological polar surface area (TPSA) is 13.1 Å². The monoisotopic (exact) mass is 298 g/mol. The smallest absolute Gasteiger partial charge is 0.134 e. The molecular formula is C22H18O. The fraction of sp³-hybridized carbons (Fsp3) is 0.0909. The molecule has 0 saturated heterocycles. The van der Waals surface area contributed by atoms with E-state index in [1.807, 2.05) is 24.3 Å². The molecule has 4 rings (SSSR count). The average Bonchev–Trinajstić information content (AvgIpc) is 3.01. The van der Waals surface area contributed by atoms with Crippen molar-refractivity contribution < 1.29 is 4.42 Å². The zero-order valence-corrected chi connectivity index (χ0v) is 13.1. The molecule has 0 N–H and O–H groups in total. The summed E-state index contributed by atoms with van der Waals surface area (Å²) in [5, 5.41) is 1.15. The summed E-state index contributed by atoms with van der Waals surface area (Å²) < 4.78 is 6.17. The zero-order chi connectivity index (χ0) is 15.6. The van der Waals surface area contributed by atoms with Crippen molar-refractivity contribution in [3.8, 4) is 0 Å². The van der Waals surface area contributed by atoms with Gasteiger partial charge in [-0.3, -0.25) is 0 Å². The van der Waals surface area contributed by atoms with Crippen molar-refractivity contribution in [1.29, 1.82) is 0 Å². The molecule has 1 heterocycles. The predicted octanol–water partition coefficient (Wildman–Crippen LogP) is 5.92. The van der Waals surface area contributed by atoms with Crippen molar-refractivity contribution in [3.63, 3.8) is 0 Å². The molecule has 3 aromatic carbocycles. The summed E-state index contributed by atoms with van der Waals surface area (Å²) in [4.78, 5) is 0. The molecule has 0 radical (unpaired) electrons. The van der Waals surface area contributed by atoms with E-state index in [2.05, 4.69) is 67.6 Å². The molecule has 0 aliphatic carbocycles. The molecule has 1 unspecified atom stereocenters. The molecule has 1 atom stereocenters. The minimum atomic E-state index is 0.115. The summed E-state index contributed by atoms with van der Waals surface area (Å²) in [6, 6.07) is 29.6. The van der Waals surface area contributed by atoms with Gasteiger partial charge in [0.05, 0.1) is 5.92 Å². The number of para-hydroxylation sites is 1. The number of hydrogen-bond donors (Lipinski definition) is 0. The first-order valence-electron chi connectivity index (χ1n) is 7.91. The van der Waals surface area contributed by atoms with Gasteiger partial charge in [-0.05, 0) is 30.2 Å². The predicted molar refractivity (Wildman–Crippen MR) is 94.8 cm³/mol. The Balaban J connectivity index is 1.89. The Kier molecular flexibility index (Phi) is 3.47. The van der Waals surface area contributed by atoms with Crippen molar-refractivity contribution in [2.24, 2.45) is 0 Å². The first-order chi connectivity index (χ1) is 11.3. The van der Waals surface area contributed by atoms with Gasteiger partial charge in [0.2, 0.25) is 0 Å². The SMILES string of the molecule is Cc1ccc(C(c2ccccc2)c2cc3ccccc3o2)cc1. The fourth-order valence-corrected chi connectivity index (χ4v) is 3.07. The Morgan fingerprint density at radius 3 is 2.09 bits per heavy atom. The van der Waals surface area contributed by atoms with Gasteiger partial charge in [-0.15, -0.1) is 0 Å². The van der Waals surface area contributed by atoms with Crippen molar-refractivity contribution in [2.75, 3.05) is 0 Å². The Morgan fingerprint density at radius 2 is 1.35 bits per heavy atom. The van der Waals surface area contributed by atoms with Crippen LogP contribution in [0.15, 0.2) is 89.3 Å². The molecule has 0 aliphatic heterocycles. The van der Waals surface area contributed by atoms with Gasteiger partial charge in [-0.25, -0.2) is 0 Å². The normalized spacial score (nSPS) is 12.4. The van der Waals surface area contributed by atoms with E-state index in [1.54, 1.807) is 0 Å². The number of benzene rings is 3. The van der Waals surface area contributed by atoms with E-state index < -0.39 is 0 Å². The van der Waals surface area contributed by atoms with Crippen LogP contribution in [-0.4, -0.2) is 0 Å². The van der Waals surface area contributed by atoms with E-state index in [4.69, 9.17) is 4.42 Å². The summed E-state index contributed by atoms with van der Waals surface area (Å²) in [5.74, 6) is 1.10. The van der Waals surface area contributed by atoms with Gasteiger partial charge in [-0.1, -0.05) is 78.4 Å². The van der Waals surface area contributed by atoms with Crippen molar-refractivity contribution in [3.05, 3.63) is 107 Å². The van der Waals surface area contributed by atoms with Crippen molar-refractivity contribution in [1.82, 2.24) is 0 Å². The van der Waals surface area contributed by atoms with Gasteiger partial charge in [0.25, 0.3) is 0 Å². The number of furan rings is 1. The van der Waals surface area contributed by atoms with Crippen LogP contribution in [0.5, 0.6) is 0 Å². The van der Waals surface area contributed by atoms with E-state index in [0.717, 1.165) is 16.7 Å². The third-order valence-electron chi connectivity index (χ3n) is 4.27. The molecule has 0 spiro atoms. The summed E-state index contributed by atoms with van der Waals surface area (Å²) in [6.07, 6.45) is 0. The maximum absolute atomic E-state index is 6.17. The molecule has 0 fully saturated rings. The van der Waals surface area contributed by atoms with Crippen LogP contribution >= 0.6 is 0 Å². The second-order valence-electron chi connectivity index (χ2n) is 5.94. The lowest BCUT2D eigenvalue weighted by atomic mass is 9.88. The second-order valence-corrected chi connectivity index (χ2v) is 5.94. The number of aryl methyl sites for hydroxylation is 1. The van der Waals surface area contributed by atoms with Gasteiger partial charge in [-0.2, -0.15) is 0 Å². The molecule has 0 saturated carbocycles. The maximum Gasteiger partial charge on any atom is 0.134 e. The Bertz CT molecular complexity index is 884. The Morgan fingerprint density at radius 1 is 0.696 bits per heavy atom. The minimum Gasteiger partial charge on any atom is -0.460 e.